The zero-order valence-electron chi connectivity index (χ0n) is 25.0. The number of carboxylic acid groups (broad SMARTS) is 1. The van der Waals surface area contributed by atoms with E-state index in [1.54, 1.807) is 12.5 Å². The molecule has 9 heteroatoms. The van der Waals surface area contributed by atoms with E-state index in [1.165, 1.54) is 19.3 Å². The number of rotatable bonds is 17. The summed E-state index contributed by atoms with van der Waals surface area (Å²) in [4.78, 5) is 32.4. The molecule has 0 spiro atoms. The Morgan fingerprint density at radius 1 is 1.10 bits per heavy atom. The van der Waals surface area contributed by atoms with Gasteiger partial charge in [-0.1, -0.05) is 89.6 Å². The van der Waals surface area contributed by atoms with Crippen LogP contribution in [0.2, 0.25) is 0 Å². The molecule has 2 aromatic rings. The molecule has 1 heterocycles. The van der Waals surface area contributed by atoms with Gasteiger partial charge in [0.1, 0.15) is 6.09 Å². The Bertz CT molecular complexity index is 1010. The lowest BCUT2D eigenvalue weighted by atomic mass is 9.80. The summed E-state index contributed by atoms with van der Waals surface area (Å²) in [5.41, 5.74) is 1.77. The minimum absolute atomic E-state index is 0.205. The van der Waals surface area contributed by atoms with Gasteiger partial charge in [0.15, 0.2) is 0 Å². The van der Waals surface area contributed by atoms with Crippen LogP contribution in [0.1, 0.15) is 83.4 Å². The largest absolute Gasteiger partial charge is 0.530 e. The van der Waals surface area contributed by atoms with Crippen LogP contribution >= 0.6 is 0 Å². The van der Waals surface area contributed by atoms with Crippen molar-refractivity contribution in [3.63, 3.8) is 0 Å². The molecule has 0 bridgehead atoms. The number of carbonyl (C=O) groups excluding carboxylic acids is 2. The molecule has 228 valence electrons. The van der Waals surface area contributed by atoms with Crippen LogP contribution < -0.4 is 21.1 Å². The second-order valence-corrected chi connectivity index (χ2v) is 12.1. The summed E-state index contributed by atoms with van der Waals surface area (Å²) in [6.07, 6.45) is 10.4. The molecule has 5 atom stereocenters. The number of H-pyrrole nitrogens is 1. The number of aromatic amines is 1. The Kier molecular flexibility index (Phi) is 13.6. The van der Waals surface area contributed by atoms with Gasteiger partial charge < -0.3 is 35.9 Å². The lowest BCUT2D eigenvalue weighted by Gasteiger charge is -2.33. The van der Waals surface area contributed by atoms with Gasteiger partial charge in [0.25, 0.3) is 0 Å². The van der Waals surface area contributed by atoms with Gasteiger partial charge in [0, 0.05) is 30.9 Å². The van der Waals surface area contributed by atoms with Crippen LogP contribution in [0.15, 0.2) is 42.9 Å². The van der Waals surface area contributed by atoms with E-state index in [0.29, 0.717) is 37.0 Å². The molecule has 3 rings (SSSR count). The van der Waals surface area contributed by atoms with Crippen molar-refractivity contribution >= 4 is 12.0 Å². The maximum absolute atomic E-state index is 13.8. The van der Waals surface area contributed by atoms with E-state index in [0.717, 1.165) is 36.9 Å². The van der Waals surface area contributed by atoms with Crippen molar-refractivity contribution < 1.29 is 19.8 Å². The Hall–Kier alpha value is -2.91. The second kappa shape index (κ2) is 17.1. The molecule has 2 amide bonds. The Labute approximate surface area is 245 Å². The van der Waals surface area contributed by atoms with Crippen molar-refractivity contribution in [2.24, 2.45) is 17.8 Å². The SMILES string of the molecule is CC[C@@H](C[C@H](O)[C@H](CC1CCCCC1)NC(=O)[C@H](Cc1cnc[nH]1)NC[C@H](Cc1ccccc1)NC(=O)[O-])C(C)C. The van der Waals surface area contributed by atoms with Gasteiger partial charge in [0.2, 0.25) is 5.91 Å². The maximum Gasteiger partial charge on any atom is 0.237 e. The summed E-state index contributed by atoms with van der Waals surface area (Å²) in [5, 5.41) is 31.9. The highest BCUT2D eigenvalue weighted by Gasteiger charge is 2.31. The average molecular weight is 569 g/mol. The van der Waals surface area contributed by atoms with Crippen LogP contribution in [-0.4, -0.2) is 57.8 Å². The lowest BCUT2D eigenvalue weighted by molar-refractivity contribution is -0.251. The number of aromatic nitrogens is 2. The maximum atomic E-state index is 13.8. The molecule has 5 N–H and O–H groups in total. The third-order valence-corrected chi connectivity index (χ3v) is 8.67. The van der Waals surface area contributed by atoms with E-state index in [4.69, 9.17) is 0 Å². The number of nitrogens with zero attached hydrogens (tertiary/aromatic N) is 1. The van der Waals surface area contributed by atoms with E-state index in [2.05, 4.69) is 46.7 Å². The summed E-state index contributed by atoms with van der Waals surface area (Å²) in [7, 11) is 0. The molecule has 0 saturated heterocycles. The van der Waals surface area contributed by atoms with Crippen molar-refractivity contribution in [2.45, 2.75) is 109 Å². The zero-order valence-corrected chi connectivity index (χ0v) is 25.0. The zero-order chi connectivity index (χ0) is 29.6. The first-order valence-corrected chi connectivity index (χ1v) is 15.5. The normalized spacial score (nSPS) is 17.9. The topological polar surface area (TPSA) is 142 Å². The van der Waals surface area contributed by atoms with E-state index >= 15 is 0 Å². The first kappa shape index (κ1) is 32.6. The molecule has 41 heavy (non-hydrogen) atoms. The highest BCUT2D eigenvalue weighted by molar-refractivity contribution is 5.82. The molecule has 1 aromatic heterocycles. The van der Waals surface area contributed by atoms with Crippen LogP contribution in [0, 0.1) is 17.8 Å². The number of aliphatic hydroxyl groups is 1. The van der Waals surface area contributed by atoms with Crippen LogP contribution in [0.4, 0.5) is 4.79 Å². The minimum atomic E-state index is -1.35. The van der Waals surface area contributed by atoms with Gasteiger partial charge in [-0.15, -0.1) is 0 Å². The van der Waals surface area contributed by atoms with Gasteiger partial charge in [-0.2, -0.15) is 0 Å². The average Bonchev–Trinajstić information content (AvgIpc) is 3.47. The van der Waals surface area contributed by atoms with E-state index in [9.17, 15) is 19.8 Å². The summed E-state index contributed by atoms with van der Waals surface area (Å²) in [5.74, 6) is 1.12. The van der Waals surface area contributed by atoms with Crippen LogP contribution in [0.5, 0.6) is 0 Å². The van der Waals surface area contributed by atoms with Crippen molar-refractivity contribution in [3.05, 3.63) is 54.1 Å². The Morgan fingerprint density at radius 2 is 1.83 bits per heavy atom. The molecule has 1 aromatic carbocycles. The number of imidazole rings is 1. The number of nitrogens with one attached hydrogen (secondary N) is 4. The van der Waals surface area contributed by atoms with Crippen molar-refractivity contribution in [1.29, 1.82) is 0 Å². The first-order valence-electron chi connectivity index (χ1n) is 15.5. The molecule has 0 radical (unpaired) electrons. The van der Waals surface area contributed by atoms with Crippen LogP contribution in [-0.2, 0) is 17.6 Å². The number of benzene rings is 1. The van der Waals surface area contributed by atoms with Crippen molar-refractivity contribution in [3.8, 4) is 0 Å². The van der Waals surface area contributed by atoms with Crippen LogP contribution in [0.3, 0.4) is 0 Å². The Morgan fingerprint density at radius 3 is 2.44 bits per heavy atom. The van der Waals surface area contributed by atoms with Gasteiger partial charge in [-0.05, 0) is 42.6 Å². The molecule has 1 aliphatic rings. The predicted molar refractivity (Wildman–Crippen MR) is 159 cm³/mol. The summed E-state index contributed by atoms with van der Waals surface area (Å²) in [6.45, 7) is 6.76. The van der Waals surface area contributed by atoms with Gasteiger partial charge in [-0.25, -0.2) is 4.98 Å². The summed E-state index contributed by atoms with van der Waals surface area (Å²) >= 11 is 0. The standard InChI is InChI=1S/C32H51N5O4/c1-4-25(22(2)3)17-30(38)28(16-24-13-9-6-10-14-24)37-31(39)29(18-26-19-33-21-35-26)34-20-27(36-32(40)41)15-23-11-7-5-8-12-23/h5,7-8,11-12,19,21-22,24-25,27-30,34,36,38H,4,6,9-10,13-18,20H2,1-3H3,(H,33,35)(H,37,39)(H,40,41)/p-1/t25-,27-,28-,29-,30-/m0/s1. The van der Waals surface area contributed by atoms with E-state index < -0.39 is 24.3 Å². The first-order chi connectivity index (χ1) is 19.7. The van der Waals surface area contributed by atoms with Gasteiger partial charge in [-0.3, -0.25) is 4.79 Å². The molecule has 1 saturated carbocycles. The molecule has 9 nitrogen and oxygen atoms in total. The third-order valence-electron chi connectivity index (χ3n) is 8.67. The molecule has 0 aliphatic heterocycles. The quantitative estimate of drug-likeness (QED) is 0.198. The highest BCUT2D eigenvalue weighted by atomic mass is 16.4. The fourth-order valence-corrected chi connectivity index (χ4v) is 6.16. The van der Waals surface area contributed by atoms with Crippen molar-refractivity contribution in [1.82, 2.24) is 25.9 Å². The van der Waals surface area contributed by atoms with E-state index in [1.807, 2.05) is 30.3 Å². The molecule has 0 unspecified atom stereocenters. The number of hydrogen-bond donors (Lipinski definition) is 5. The van der Waals surface area contributed by atoms with E-state index in [-0.39, 0.29) is 18.5 Å². The van der Waals surface area contributed by atoms with Crippen LogP contribution in [0.25, 0.3) is 0 Å². The number of aliphatic hydroxyl groups excluding tert-OH is 1. The number of hydrogen-bond acceptors (Lipinski definition) is 6. The fraction of sp³-hybridized carbons (Fsp3) is 0.656. The smallest absolute Gasteiger partial charge is 0.237 e. The molecule has 1 fully saturated rings. The van der Waals surface area contributed by atoms with Gasteiger partial charge in [0.05, 0.1) is 24.5 Å². The predicted octanol–water partition coefficient (Wildman–Crippen LogP) is 3.34. The molecular weight excluding hydrogens is 518 g/mol. The third kappa shape index (κ3) is 11.5. The highest BCUT2D eigenvalue weighted by Crippen LogP contribution is 2.30. The lowest BCUT2D eigenvalue weighted by Crippen LogP contribution is -2.56. The van der Waals surface area contributed by atoms with Gasteiger partial charge >= 0.3 is 0 Å². The molecule has 1 aliphatic carbocycles. The number of carbonyl (C=O) groups is 2. The second-order valence-electron chi connectivity index (χ2n) is 12.1. The van der Waals surface area contributed by atoms with Crippen molar-refractivity contribution in [2.75, 3.05) is 6.54 Å². The summed E-state index contributed by atoms with van der Waals surface area (Å²) in [6, 6.07) is 8.14. The Balaban J connectivity index is 1.74. The molecular formula is C32H50N5O4-. The monoisotopic (exact) mass is 568 g/mol. The number of amides is 2. The minimum Gasteiger partial charge on any atom is -0.530 e. The summed E-state index contributed by atoms with van der Waals surface area (Å²) < 4.78 is 0. The fourth-order valence-electron chi connectivity index (χ4n) is 6.16.